The number of nitrogens with zero attached hydrogens (tertiary/aromatic N) is 1. The summed E-state index contributed by atoms with van der Waals surface area (Å²) in [6, 6.07) is 14.6. The van der Waals surface area contributed by atoms with E-state index in [1.165, 1.54) is 6.20 Å². The van der Waals surface area contributed by atoms with Crippen LogP contribution in [0, 0.1) is 0 Å². The molecule has 7 nitrogen and oxygen atoms in total. The summed E-state index contributed by atoms with van der Waals surface area (Å²) >= 11 is 0. The second-order valence-electron chi connectivity index (χ2n) is 5.59. The van der Waals surface area contributed by atoms with Gasteiger partial charge in [0, 0.05) is 18.1 Å². The number of aromatic nitrogens is 1. The molecule has 2 heterocycles. The number of carbonyl (C=O) groups is 2. The van der Waals surface area contributed by atoms with Crippen molar-refractivity contribution in [1.82, 2.24) is 4.98 Å². The zero-order chi connectivity index (χ0) is 18.5. The highest BCUT2D eigenvalue weighted by molar-refractivity contribution is 5.95. The van der Waals surface area contributed by atoms with Gasteiger partial charge in [0.2, 0.25) is 0 Å². The number of fused-ring (bicyclic) bond motifs is 2. The molecular formula is C19H17N3O4. The number of aromatic carboxylic acids is 1. The molecule has 0 radical (unpaired) electrons. The third-order valence-electron chi connectivity index (χ3n) is 3.75. The summed E-state index contributed by atoms with van der Waals surface area (Å²) in [6.07, 6.45) is 1.37. The van der Waals surface area contributed by atoms with Crippen molar-refractivity contribution in [3.63, 3.8) is 0 Å². The van der Waals surface area contributed by atoms with Crippen molar-refractivity contribution in [2.45, 2.75) is 6.54 Å². The van der Waals surface area contributed by atoms with Gasteiger partial charge in [-0.3, -0.25) is 9.78 Å². The molecule has 4 N–H and O–H groups in total. The Bertz CT molecular complexity index is 972. The highest BCUT2D eigenvalue weighted by atomic mass is 16.5. The Morgan fingerprint density at radius 3 is 2.81 bits per heavy atom. The minimum absolute atomic E-state index is 0.0922. The molecule has 0 atom stereocenters. The SMILES string of the molecule is NCc1ccc2c(c1)NC(=O)CO2.O=C(O)c1cnc2ccccc2c1. The molecule has 0 fully saturated rings. The smallest absolute Gasteiger partial charge is 0.337 e. The van der Waals surface area contributed by atoms with E-state index in [0.29, 0.717) is 18.0 Å². The minimum Gasteiger partial charge on any atom is -0.482 e. The lowest BCUT2D eigenvalue weighted by molar-refractivity contribution is -0.118. The number of benzene rings is 2. The van der Waals surface area contributed by atoms with Crippen LogP contribution in [0.2, 0.25) is 0 Å². The average molecular weight is 351 g/mol. The Morgan fingerprint density at radius 2 is 2.04 bits per heavy atom. The molecule has 1 amide bonds. The number of rotatable bonds is 2. The number of carboxylic acid groups (broad SMARTS) is 1. The summed E-state index contributed by atoms with van der Waals surface area (Å²) in [5.74, 6) is -0.364. The van der Waals surface area contributed by atoms with E-state index >= 15 is 0 Å². The van der Waals surface area contributed by atoms with Gasteiger partial charge in [0.25, 0.3) is 5.91 Å². The molecule has 0 saturated heterocycles. The van der Waals surface area contributed by atoms with Gasteiger partial charge in [-0.2, -0.15) is 0 Å². The highest BCUT2D eigenvalue weighted by Gasteiger charge is 2.15. The first kappa shape index (κ1) is 17.4. The monoisotopic (exact) mass is 351 g/mol. The Morgan fingerprint density at radius 1 is 1.23 bits per heavy atom. The second-order valence-corrected chi connectivity index (χ2v) is 5.59. The third kappa shape index (κ3) is 3.96. The first-order chi connectivity index (χ1) is 12.6. The average Bonchev–Trinajstić information content (AvgIpc) is 2.67. The lowest BCUT2D eigenvalue weighted by atomic mass is 10.1. The van der Waals surface area contributed by atoms with Gasteiger partial charge >= 0.3 is 5.97 Å². The van der Waals surface area contributed by atoms with Crippen molar-refractivity contribution in [1.29, 1.82) is 0 Å². The number of carbonyl (C=O) groups excluding carboxylic acids is 1. The van der Waals surface area contributed by atoms with Crippen molar-refractivity contribution in [3.05, 3.63) is 65.9 Å². The molecule has 4 rings (SSSR count). The maximum absolute atomic E-state index is 11.0. The van der Waals surface area contributed by atoms with E-state index in [-0.39, 0.29) is 18.1 Å². The van der Waals surface area contributed by atoms with Gasteiger partial charge in [0.15, 0.2) is 6.61 Å². The van der Waals surface area contributed by atoms with Crippen LogP contribution in [-0.2, 0) is 11.3 Å². The molecule has 0 aliphatic carbocycles. The second kappa shape index (κ2) is 7.62. The molecular weight excluding hydrogens is 334 g/mol. The lowest BCUT2D eigenvalue weighted by Gasteiger charge is -2.18. The molecule has 1 aromatic heterocycles. The van der Waals surface area contributed by atoms with Gasteiger partial charge < -0.3 is 20.9 Å². The van der Waals surface area contributed by atoms with Crippen LogP contribution < -0.4 is 15.8 Å². The number of para-hydroxylation sites is 1. The van der Waals surface area contributed by atoms with E-state index in [9.17, 15) is 9.59 Å². The summed E-state index contributed by atoms with van der Waals surface area (Å²) in [7, 11) is 0. The largest absolute Gasteiger partial charge is 0.482 e. The van der Waals surface area contributed by atoms with Crippen LogP contribution in [0.1, 0.15) is 15.9 Å². The molecule has 3 aromatic rings. The van der Waals surface area contributed by atoms with Gasteiger partial charge in [0.05, 0.1) is 16.8 Å². The highest BCUT2D eigenvalue weighted by Crippen LogP contribution is 2.28. The van der Waals surface area contributed by atoms with Crippen molar-refractivity contribution in [2.75, 3.05) is 11.9 Å². The molecule has 26 heavy (non-hydrogen) atoms. The molecule has 1 aliphatic heterocycles. The van der Waals surface area contributed by atoms with Crippen LogP contribution >= 0.6 is 0 Å². The molecule has 0 unspecified atom stereocenters. The van der Waals surface area contributed by atoms with Crippen molar-refractivity contribution < 1.29 is 19.4 Å². The molecule has 2 aromatic carbocycles. The number of ether oxygens (including phenoxy) is 1. The van der Waals surface area contributed by atoms with Crippen LogP contribution in [0.4, 0.5) is 5.69 Å². The Kier molecular flexibility index (Phi) is 5.09. The molecule has 132 valence electrons. The van der Waals surface area contributed by atoms with Crippen LogP contribution in [0.25, 0.3) is 10.9 Å². The van der Waals surface area contributed by atoms with Crippen molar-refractivity contribution in [2.24, 2.45) is 5.73 Å². The lowest BCUT2D eigenvalue weighted by Crippen LogP contribution is -2.25. The number of carboxylic acids is 1. The fraction of sp³-hybridized carbons (Fsp3) is 0.105. The van der Waals surface area contributed by atoms with Crippen molar-refractivity contribution in [3.8, 4) is 5.75 Å². The zero-order valence-corrected chi connectivity index (χ0v) is 13.8. The van der Waals surface area contributed by atoms with E-state index < -0.39 is 5.97 Å². The van der Waals surface area contributed by atoms with E-state index in [1.54, 1.807) is 6.07 Å². The van der Waals surface area contributed by atoms with Gasteiger partial charge in [-0.1, -0.05) is 24.3 Å². The topological polar surface area (TPSA) is 115 Å². The van der Waals surface area contributed by atoms with Gasteiger partial charge in [-0.05, 0) is 29.8 Å². The van der Waals surface area contributed by atoms with E-state index in [2.05, 4.69) is 10.3 Å². The first-order valence-corrected chi connectivity index (χ1v) is 7.90. The quantitative estimate of drug-likeness (QED) is 0.653. The third-order valence-corrected chi connectivity index (χ3v) is 3.75. The maximum atomic E-state index is 11.0. The zero-order valence-electron chi connectivity index (χ0n) is 13.8. The van der Waals surface area contributed by atoms with Gasteiger partial charge in [-0.25, -0.2) is 4.79 Å². The molecule has 1 aliphatic rings. The summed E-state index contributed by atoms with van der Waals surface area (Å²) in [5.41, 5.74) is 8.18. The van der Waals surface area contributed by atoms with Crippen LogP contribution in [0.3, 0.4) is 0 Å². The normalized spacial score (nSPS) is 12.3. The van der Waals surface area contributed by atoms with E-state index in [1.807, 2.05) is 42.5 Å². The fourth-order valence-corrected chi connectivity index (χ4v) is 2.45. The molecule has 0 saturated carbocycles. The predicted molar refractivity (Wildman–Crippen MR) is 97.2 cm³/mol. The maximum Gasteiger partial charge on any atom is 0.337 e. The molecule has 0 bridgehead atoms. The van der Waals surface area contributed by atoms with Gasteiger partial charge in [0.1, 0.15) is 5.75 Å². The predicted octanol–water partition coefficient (Wildman–Crippen LogP) is 2.41. The van der Waals surface area contributed by atoms with Crippen LogP contribution in [0.5, 0.6) is 5.75 Å². The summed E-state index contributed by atoms with van der Waals surface area (Å²) in [6.45, 7) is 0.554. The van der Waals surface area contributed by atoms with Gasteiger partial charge in [-0.15, -0.1) is 0 Å². The standard InChI is InChI=1S/C10H7NO2.C9H10N2O2/c12-10(13)8-5-7-3-1-2-4-9(7)11-6-8;10-4-6-1-2-8-7(3-6)11-9(12)5-13-8/h1-6H,(H,12,13);1-3H,4-5,10H2,(H,11,12). The number of hydrogen-bond donors (Lipinski definition) is 3. The molecule has 0 spiro atoms. The number of amides is 1. The summed E-state index contributed by atoms with van der Waals surface area (Å²) < 4.78 is 5.18. The Labute approximate surface area is 149 Å². The minimum atomic E-state index is -0.946. The van der Waals surface area contributed by atoms with Crippen molar-refractivity contribution >= 4 is 28.5 Å². The van der Waals surface area contributed by atoms with E-state index in [4.69, 9.17) is 15.6 Å². The summed E-state index contributed by atoms with van der Waals surface area (Å²) in [4.78, 5) is 25.6. The fourth-order valence-electron chi connectivity index (χ4n) is 2.45. The van der Waals surface area contributed by atoms with E-state index in [0.717, 1.165) is 16.5 Å². The molecule has 7 heteroatoms. The van der Waals surface area contributed by atoms with Crippen LogP contribution in [-0.4, -0.2) is 28.6 Å². The number of pyridine rings is 1. The Hall–Kier alpha value is -3.45. The number of hydrogen-bond acceptors (Lipinski definition) is 5. The van der Waals surface area contributed by atoms with Crippen LogP contribution in [0.15, 0.2) is 54.7 Å². The summed E-state index contributed by atoms with van der Waals surface area (Å²) in [5, 5.41) is 12.3. The first-order valence-electron chi connectivity index (χ1n) is 7.90. The number of nitrogens with two attached hydrogens (primary N) is 1. The Balaban J connectivity index is 0.000000151. The number of nitrogens with one attached hydrogen (secondary N) is 1. The number of anilines is 1.